The molecule has 3 heteroatoms. The molecule has 1 atom stereocenters. The van der Waals surface area contributed by atoms with E-state index in [1.54, 1.807) is 18.2 Å². The first-order valence-corrected chi connectivity index (χ1v) is 6.07. The van der Waals surface area contributed by atoms with Gasteiger partial charge in [-0.05, 0) is 30.5 Å². The summed E-state index contributed by atoms with van der Waals surface area (Å²) in [5, 5.41) is 11.1. The third-order valence-corrected chi connectivity index (χ3v) is 3.23. The number of hydrogen-bond acceptors (Lipinski definition) is 1. The van der Waals surface area contributed by atoms with Crippen molar-refractivity contribution < 1.29 is 5.11 Å². The van der Waals surface area contributed by atoms with Gasteiger partial charge < -0.3 is 5.11 Å². The van der Waals surface area contributed by atoms with Crippen LogP contribution in [0.15, 0.2) is 30.4 Å². The van der Waals surface area contributed by atoms with Gasteiger partial charge in [-0.2, -0.15) is 0 Å². The Labute approximate surface area is 107 Å². The van der Waals surface area contributed by atoms with Crippen molar-refractivity contribution >= 4 is 23.2 Å². The predicted molar refractivity (Wildman–Crippen MR) is 70.2 cm³/mol. The molecule has 16 heavy (non-hydrogen) atoms. The Kier molecular flexibility index (Phi) is 5.33. The molecule has 1 unspecified atom stereocenters. The third-order valence-electron chi connectivity index (χ3n) is 2.53. The van der Waals surface area contributed by atoms with Gasteiger partial charge in [-0.15, -0.1) is 0 Å². The van der Waals surface area contributed by atoms with E-state index in [0.29, 0.717) is 22.9 Å². The minimum atomic E-state index is -0.468. The first kappa shape index (κ1) is 13.6. The van der Waals surface area contributed by atoms with Crippen LogP contribution in [-0.4, -0.2) is 11.2 Å². The van der Waals surface area contributed by atoms with Crippen LogP contribution in [0.3, 0.4) is 0 Å². The SMILES string of the molecule is C=C(CC)CC(O)Cc1c(Cl)cccc1Cl. The molecule has 0 aliphatic rings. The van der Waals surface area contributed by atoms with Crippen molar-refractivity contribution in [3.63, 3.8) is 0 Å². The molecule has 0 aliphatic heterocycles. The Bertz CT molecular complexity index is 354. The number of hydrogen-bond donors (Lipinski definition) is 1. The second-order valence-electron chi connectivity index (χ2n) is 3.87. The highest BCUT2D eigenvalue weighted by molar-refractivity contribution is 6.35. The second kappa shape index (κ2) is 6.29. The molecular formula is C13H16Cl2O. The molecule has 0 saturated heterocycles. The molecule has 0 spiro atoms. The van der Waals surface area contributed by atoms with Crippen molar-refractivity contribution in [3.05, 3.63) is 46.0 Å². The van der Waals surface area contributed by atoms with Crippen molar-refractivity contribution in [2.45, 2.75) is 32.3 Å². The molecule has 0 bridgehead atoms. The van der Waals surface area contributed by atoms with Gasteiger partial charge >= 0.3 is 0 Å². The standard InChI is InChI=1S/C13H16Cl2O/c1-3-9(2)7-10(16)8-11-12(14)5-4-6-13(11)15/h4-6,10,16H,2-3,7-8H2,1H3. The van der Waals surface area contributed by atoms with Gasteiger partial charge in [-0.25, -0.2) is 0 Å². The minimum absolute atomic E-state index is 0.468. The monoisotopic (exact) mass is 258 g/mol. The fraction of sp³-hybridized carbons (Fsp3) is 0.385. The highest BCUT2D eigenvalue weighted by atomic mass is 35.5. The van der Waals surface area contributed by atoms with Gasteiger partial charge in [-0.1, -0.05) is 48.3 Å². The van der Waals surface area contributed by atoms with Crippen LogP contribution in [0, 0.1) is 0 Å². The maximum atomic E-state index is 9.87. The van der Waals surface area contributed by atoms with Crippen LogP contribution < -0.4 is 0 Å². The molecule has 1 aromatic carbocycles. The average Bonchev–Trinajstić information content (AvgIpc) is 2.23. The van der Waals surface area contributed by atoms with Crippen LogP contribution in [0.1, 0.15) is 25.3 Å². The van der Waals surface area contributed by atoms with Gasteiger partial charge in [0.25, 0.3) is 0 Å². The van der Waals surface area contributed by atoms with Crippen LogP contribution >= 0.6 is 23.2 Å². The van der Waals surface area contributed by atoms with E-state index in [-0.39, 0.29) is 0 Å². The number of aliphatic hydroxyl groups is 1. The van der Waals surface area contributed by atoms with Crippen LogP contribution in [0.2, 0.25) is 10.0 Å². The zero-order valence-electron chi connectivity index (χ0n) is 9.34. The molecule has 0 fully saturated rings. The summed E-state index contributed by atoms with van der Waals surface area (Å²) in [6.07, 6.45) is 1.48. The van der Waals surface area contributed by atoms with Crippen molar-refractivity contribution in [3.8, 4) is 0 Å². The Morgan fingerprint density at radius 2 is 1.94 bits per heavy atom. The largest absolute Gasteiger partial charge is 0.392 e. The summed E-state index contributed by atoms with van der Waals surface area (Å²) in [4.78, 5) is 0. The van der Waals surface area contributed by atoms with Gasteiger partial charge in [0.1, 0.15) is 0 Å². The van der Waals surface area contributed by atoms with Crippen LogP contribution in [-0.2, 0) is 6.42 Å². The van der Waals surface area contributed by atoms with E-state index in [1.165, 1.54) is 0 Å². The number of aliphatic hydroxyl groups excluding tert-OH is 1. The molecule has 1 aromatic rings. The van der Waals surface area contributed by atoms with E-state index in [4.69, 9.17) is 23.2 Å². The molecule has 1 rings (SSSR count). The van der Waals surface area contributed by atoms with E-state index < -0.39 is 6.10 Å². The van der Waals surface area contributed by atoms with Crippen LogP contribution in [0.25, 0.3) is 0 Å². The number of benzene rings is 1. The highest BCUT2D eigenvalue weighted by Gasteiger charge is 2.12. The molecule has 1 nitrogen and oxygen atoms in total. The summed E-state index contributed by atoms with van der Waals surface area (Å²) >= 11 is 12.1. The zero-order valence-corrected chi connectivity index (χ0v) is 10.9. The van der Waals surface area contributed by atoms with Gasteiger partial charge in [0.2, 0.25) is 0 Å². The molecular weight excluding hydrogens is 243 g/mol. The van der Waals surface area contributed by atoms with E-state index in [9.17, 15) is 5.11 Å². The Morgan fingerprint density at radius 3 is 2.44 bits per heavy atom. The highest BCUT2D eigenvalue weighted by Crippen LogP contribution is 2.26. The normalized spacial score (nSPS) is 12.5. The maximum Gasteiger partial charge on any atom is 0.0618 e. The summed E-state index contributed by atoms with van der Waals surface area (Å²) in [6.45, 7) is 5.90. The topological polar surface area (TPSA) is 20.2 Å². The lowest BCUT2D eigenvalue weighted by Crippen LogP contribution is -2.11. The molecule has 0 aliphatic carbocycles. The van der Waals surface area contributed by atoms with Crippen LogP contribution in [0.4, 0.5) is 0 Å². The molecule has 88 valence electrons. The first-order valence-electron chi connectivity index (χ1n) is 5.32. The Balaban J connectivity index is 2.69. The van der Waals surface area contributed by atoms with E-state index >= 15 is 0 Å². The lowest BCUT2D eigenvalue weighted by Gasteiger charge is -2.13. The van der Waals surface area contributed by atoms with Gasteiger partial charge in [0.15, 0.2) is 0 Å². The quantitative estimate of drug-likeness (QED) is 0.783. The third kappa shape index (κ3) is 3.82. The van der Waals surface area contributed by atoms with Crippen molar-refractivity contribution in [1.29, 1.82) is 0 Å². The summed E-state index contributed by atoms with van der Waals surface area (Å²) in [5.41, 5.74) is 1.85. The fourth-order valence-electron chi connectivity index (χ4n) is 1.51. The van der Waals surface area contributed by atoms with E-state index in [0.717, 1.165) is 17.6 Å². The van der Waals surface area contributed by atoms with E-state index in [1.807, 2.05) is 6.92 Å². The van der Waals surface area contributed by atoms with Crippen molar-refractivity contribution in [2.75, 3.05) is 0 Å². The molecule has 0 radical (unpaired) electrons. The summed E-state index contributed by atoms with van der Waals surface area (Å²) in [5.74, 6) is 0. The van der Waals surface area contributed by atoms with Gasteiger partial charge in [0, 0.05) is 16.5 Å². The van der Waals surface area contributed by atoms with Crippen molar-refractivity contribution in [1.82, 2.24) is 0 Å². The fourth-order valence-corrected chi connectivity index (χ4v) is 2.06. The molecule has 0 saturated carbocycles. The number of halogens is 2. The molecule has 0 amide bonds. The van der Waals surface area contributed by atoms with Gasteiger partial charge in [0.05, 0.1) is 6.10 Å². The zero-order chi connectivity index (χ0) is 12.1. The summed E-state index contributed by atoms with van der Waals surface area (Å²) in [6, 6.07) is 5.36. The second-order valence-corrected chi connectivity index (χ2v) is 4.68. The van der Waals surface area contributed by atoms with E-state index in [2.05, 4.69) is 6.58 Å². The summed E-state index contributed by atoms with van der Waals surface area (Å²) in [7, 11) is 0. The average molecular weight is 259 g/mol. The molecule has 0 heterocycles. The number of rotatable bonds is 5. The summed E-state index contributed by atoms with van der Waals surface area (Å²) < 4.78 is 0. The van der Waals surface area contributed by atoms with Crippen LogP contribution in [0.5, 0.6) is 0 Å². The Hall–Kier alpha value is -0.500. The van der Waals surface area contributed by atoms with Gasteiger partial charge in [-0.3, -0.25) is 0 Å². The Morgan fingerprint density at radius 1 is 1.38 bits per heavy atom. The van der Waals surface area contributed by atoms with Crippen molar-refractivity contribution in [2.24, 2.45) is 0 Å². The lowest BCUT2D eigenvalue weighted by atomic mass is 10.0. The predicted octanol–water partition coefficient (Wildman–Crippen LogP) is 4.25. The molecule has 1 N–H and O–H groups in total. The smallest absolute Gasteiger partial charge is 0.0618 e. The lowest BCUT2D eigenvalue weighted by molar-refractivity contribution is 0.174. The molecule has 0 aromatic heterocycles. The maximum absolute atomic E-state index is 9.87. The first-order chi connectivity index (χ1) is 7.54. The minimum Gasteiger partial charge on any atom is -0.392 e.